The number of nitrogens with zero attached hydrogens (tertiary/aromatic N) is 5. The summed E-state index contributed by atoms with van der Waals surface area (Å²) in [7, 11) is 5.83. The van der Waals surface area contributed by atoms with Gasteiger partial charge in [0.05, 0.1) is 28.9 Å². The summed E-state index contributed by atoms with van der Waals surface area (Å²) in [6, 6.07) is 7.91. The van der Waals surface area contributed by atoms with Gasteiger partial charge in [-0.05, 0) is 12.1 Å². The van der Waals surface area contributed by atoms with Crippen LogP contribution in [0.1, 0.15) is 0 Å². The molecule has 0 saturated carbocycles. The Balaban J connectivity index is 2.02. The summed E-state index contributed by atoms with van der Waals surface area (Å²) >= 11 is 0. The van der Waals surface area contributed by atoms with Crippen molar-refractivity contribution in [2.75, 3.05) is 37.5 Å². The minimum absolute atomic E-state index is 0.0801. The zero-order chi connectivity index (χ0) is 17.0. The van der Waals surface area contributed by atoms with Crippen molar-refractivity contribution in [2.45, 2.75) is 12.6 Å². The second-order valence-electron chi connectivity index (χ2n) is 5.60. The van der Waals surface area contributed by atoms with E-state index in [4.69, 9.17) is 0 Å². The quantitative estimate of drug-likeness (QED) is 0.612. The van der Waals surface area contributed by atoms with E-state index in [0.29, 0.717) is 6.54 Å². The molecule has 2 rings (SSSR count). The predicted molar refractivity (Wildman–Crippen MR) is 88.9 cm³/mol. The largest absolute Gasteiger partial charge is 0.389 e. The van der Waals surface area contributed by atoms with Gasteiger partial charge in [-0.2, -0.15) is 5.10 Å². The molecule has 1 aromatic heterocycles. The highest BCUT2D eigenvalue weighted by atomic mass is 16.6. The highest BCUT2D eigenvalue weighted by molar-refractivity contribution is 5.70. The molecule has 1 unspecified atom stereocenters. The molecule has 8 nitrogen and oxygen atoms in total. The Labute approximate surface area is 134 Å². The van der Waals surface area contributed by atoms with Gasteiger partial charge in [-0.25, -0.2) is 0 Å². The number of nitro groups is 1. The van der Waals surface area contributed by atoms with Crippen molar-refractivity contribution in [2.24, 2.45) is 0 Å². The number of aromatic nitrogens is 2. The van der Waals surface area contributed by atoms with Gasteiger partial charge in [-0.15, -0.1) is 0 Å². The fraction of sp³-hybridized carbons (Fsp3) is 0.400. The molecule has 8 heteroatoms. The van der Waals surface area contributed by atoms with Crippen LogP contribution in [0.2, 0.25) is 0 Å². The van der Waals surface area contributed by atoms with E-state index < -0.39 is 11.0 Å². The molecule has 0 radical (unpaired) electrons. The van der Waals surface area contributed by atoms with Crippen LogP contribution >= 0.6 is 0 Å². The number of anilines is 2. The Morgan fingerprint density at radius 1 is 1.30 bits per heavy atom. The van der Waals surface area contributed by atoms with Gasteiger partial charge in [-0.1, -0.05) is 12.1 Å². The lowest BCUT2D eigenvalue weighted by atomic mass is 10.2. The molecule has 0 bridgehead atoms. The summed E-state index contributed by atoms with van der Waals surface area (Å²) in [5.41, 5.74) is 1.98. The Bertz CT molecular complexity index is 671. The number of rotatable bonds is 7. The van der Waals surface area contributed by atoms with Gasteiger partial charge in [0, 0.05) is 27.7 Å². The highest BCUT2D eigenvalue weighted by Gasteiger charge is 2.15. The molecular weight excluding hydrogens is 298 g/mol. The van der Waals surface area contributed by atoms with E-state index in [1.807, 2.05) is 55.2 Å². The van der Waals surface area contributed by atoms with E-state index in [1.54, 1.807) is 0 Å². The van der Waals surface area contributed by atoms with Gasteiger partial charge in [0.25, 0.3) is 0 Å². The molecule has 1 N–H and O–H groups in total. The second kappa shape index (κ2) is 7.10. The maximum Gasteiger partial charge on any atom is 0.306 e. The van der Waals surface area contributed by atoms with Crippen LogP contribution in [0.3, 0.4) is 0 Å². The number of benzene rings is 1. The standard InChI is InChI=1S/C15H21N5O3/c1-17(2)14-6-4-5-7-15(14)18(3)10-13(21)11-19-9-12(8-16-19)20(22)23/h4-9,13,21H,10-11H2,1-3H3. The summed E-state index contributed by atoms with van der Waals surface area (Å²) in [6.07, 6.45) is 1.80. The number of para-hydroxylation sites is 2. The van der Waals surface area contributed by atoms with Crippen molar-refractivity contribution < 1.29 is 10.0 Å². The van der Waals surface area contributed by atoms with E-state index >= 15 is 0 Å². The Morgan fingerprint density at radius 2 is 1.96 bits per heavy atom. The number of aliphatic hydroxyl groups excluding tert-OH is 1. The molecule has 1 atom stereocenters. The van der Waals surface area contributed by atoms with Crippen molar-refractivity contribution in [1.82, 2.24) is 9.78 Å². The third-order valence-corrected chi connectivity index (χ3v) is 3.49. The molecule has 0 fully saturated rings. The molecule has 0 aliphatic carbocycles. The zero-order valence-electron chi connectivity index (χ0n) is 13.5. The maximum absolute atomic E-state index is 10.6. The molecule has 124 valence electrons. The van der Waals surface area contributed by atoms with E-state index in [0.717, 1.165) is 11.4 Å². The fourth-order valence-electron chi connectivity index (χ4n) is 2.40. The van der Waals surface area contributed by atoms with E-state index in [9.17, 15) is 15.2 Å². The first-order chi connectivity index (χ1) is 10.9. The van der Waals surface area contributed by atoms with Crippen LogP contribution in [0, 0.1) is 10.1 Å². The molecule has 0 saturated heterocycles. The molecule has 0 amide bonds. The SMILES string of the molecule is CN(C)c1ccccc1N(C)CC(O)Cn1cc([N+](=O)[O-])cn1. The highest BCUT2D eigenvalue weighted by Crippen LogP contribution is 2.26. The van der Waals surface area contributed by atoms with Crippen LogP contribution in [-0.2, 0) is 6.54 Å². The number of hydrogen-bond donors (Lipinski definition) is 1. The van der Waals surface area contributed by atoms with E-state index in [2.05, 4.69) is 5.10 Å². The Hall–Kier alpha value is -2.61. The lowest BCUT2D eigenvalue weighted by Crippen LogP contribution is -2.33. The minimum Gasteiger partial charge on any atom is -0.389 e. The second-order valence-corrected chi connectivity index (χ2v) is 5.60. The van der Waals surface area contributed by atoms with Gasteiger partial charge < -0.3 is 14.9 Å². The molecule has 1 aromatic carbocycles. The van der Waals surface area contributed by atoms with E-state index in [-0.39, 0.29) is 12.2 Å². The Morgan fingerprint density at radius 3 is 2.52 bits per heavy atom. The lowest BCUT2D eigenvalue weighted by molar-refractivity contribution is -0.385. The summed E-state index contributed by atoms with van der Waals surface area (Å²) in [4.78, 5) is 14.1. The molecule has 0 aliphatic heterocycles. The zero-order valence-corrected chi connectivity index (χ0v) is 13.5. The van der Waals surface area contributed by atoms with Crippen LogP contribution in [-0.4, -0.2) is 53.6 Å². The summed E-state index contributed by atoms with van der Waals surface area (Å²) in [5, 5.41) is 24.8. The van der Waals surface area contributed by atoms with Gasteiger partial charge in [0.15, 0.2) is 0 Å². The van der Waals surface area contributed by atoms with Gasteiger partial charge in [-0.3, -0.25) is 14.8 Å². The van der Waals surface area contributed by atoms with Crippen molar-refractivity contribution >= 4 is 17.1 Å². The van der Waals surface area contributed by atoms with Gasteiger partial charge >= 0.3 is 5.69 Å². The average Bonchev–Trinajstić information content (AvgIpc) is 2.95. The monoisotopic (exact) mass is 319 g/mol. The smallest absolute Gasteiger partial charge is 0.306 e. The van der Waals surface area contributed by atoms with E-state index in [1.165, 1.54) is 17.1 Å². The van der Waals surface area contributed by atoms with Crippen molar-refractivity contribution in [1.29, 1.82) is 0 Å². The predicted octanol–water partition coefficient (Wildman–Crippen LogP) is 1.35. The first-order valence-electron chi connectivity index (χ1n) is 7.21. The third kappa shape index (κ3) is 4.19. The first kappa shape index (κ1) is 16.8. The summed E-state index contributed by atoms with van der Waals surface area (Å²) in [5.74, 6) is 0. The minimum atomic E-state index is -0.699. The molecular formula is C15H21N5O3. The maximum atomic E-state index is 10.6. The van der Waals surface area contributed by atoms with Crippen LogP contribution < -0.4 is 9.80 Å². The van der Waals surface area contributed by atoms with Gasteiger partial charge in [0.1, 0.15) is 12.4 Å². The normalized spacial score (nSPS) is 12.0. The van der Waals surface area contributed by atoms with Crippen LogP contribution in [0.5, 0.6) is 0 Å². The number of aliphatic hydroxyl groups is 1. The van der Waals surface area contributed by atoms with Crippen LogP contribution in [0.4, 0.5) is 17.1 Å². The first-order valence-corrected chi connectivity index (χ1v) is 7.21. The van der Waals surface area contributed by atoms with Crippen molar-refractivity contribution in [3.63, 3.8) is 0 Å². The molecule has 0 aliphatic rings. The van der Waals surface area contributed by atoms with Crippen molar-refractivity contribution in [3.8, 4) is 0 Å². The molecule has 23 heavy (non-hydrogen) atoms. The summed E-state index contributed by atoms with van der Waals surface area (Å²) in [6.45, 7) is 0.584. The molecule has 0 spiro atoms. The van der Waals surface area contributed by atoms with Gasteiger partial charge in [0.2, 0.25) is 0 Å². The number of likely N-dealkylation sites (N-methyl/N-ethyl adjacent to an activating group) is 1. The summed E-state index contributed by atoms with van der Waals surface area (Å²) < 4.78 is 1.38. The third-order valence-electron chi connectivity index (χ3n) is 3.49. The molecule has 1 heterocycles. The van der Waals surface area contributed by atoms with Crippen molar-refractivity contribution in [3.05, 3.63) is 46.8 Å². The lowest BCUT2D eigenvalue weighted by Gasteiger charge is -2.27. The molecule has 2 aromatic rings. The fourth-order valence-corrected chi connectivity index (χ4v) is 2.40. The Kier molecular flexibility index (Phi) is 5.17. The topological polar surface area (TPSA) is 87.7 Å². The van der Waals surface area contributed by atoms with Crippen LogP contribution in [0.15, 0.2) is 36.7 Å². The van der Waals surface area contributed by atoms with Crippen LogP contribution in [0.25, 0.3) is 0 Å². The number of hydrogen-bond acceptors (Lipinski definition) is 6. The average molecular weight is 319 g/mol.